The Morgan fingerprint density at radius 1 is 1.60 bits per heavy atom. The number of hydrogen-bond acceptors (Lipinski definition) is 2. The molecule has 0 amide bonds. The molecule has 58 valence electrons. The van der Waals surface area contributed by atoms with Crippen molar-refractivity contribution in [3.63, 3.8) is 0 Å². The molecule has 0 aliphatic carbocycles. The first-order valence-corrected chi connectivity index (χ1v) is 3.94. The molecule has 1 aliphatic rings. The summed E-state index contributed by atoms with van der Waals surface area (Å²) in [7, 11) is 0. The number of carbonyl (C=O) groups excluding carboxylic acids is 1. The zero-order chi connectivity index (χ0) is 7.56. The van der Waals surface area contributed by atoms with Gasteiger partial charge in [-0.25, -0.2) is 0 Å². The van der Waals surface area contributed by atoms with E-state index in [2.05, 4.69) is 12.2 Å². The lowest BCUT2D eigenvalue weighted by molar-refractivity contribution is -0.119. The Labute approximate surface area is 62.0 Å². The van der Waals surface area contributed by atoms with Gasteiger partial charge in [-0.3, -0.25) is 4.79 Å². The summed E-state index contributed by atoms with van der Waals surface area (Å²) in [6.45, 7) is 4.87. The highest BCUT2D eigenvalue weighted by molar-refractivity contribution is 5.81. The van der Waals surface area contributed by atoms with Gasteiger partial charge < -0.3 is 5.32 Å². The van der Waals surface area contributed by atoms with E-state index in [4.69, 9.17) is 0 Å². The van der Waals surface area contributed by atoms with Crippen LogP contribution in [-0.4, -0.2) is 18.4 Å². The molecule has 0 aromatic rings. The normalized spacial score (nSPS) is 33.8. The average Bonchev–Trinajstić information content (AvgIpc) is 1.88. The van der Waals surface area contributed by atoms with E-state index in [1.807, 2.05) is 0 Å². The standard InChI is InChI=1S/C8H15NO/c1-6-3-4-9-8(5-6)7(2)10/h6,8-9H,3-5H2,1-2H3. The molecule has 2 atom stereocenters. The minimum atomic E-state index is 0.142. The Balaban J connectivity index is 2.39. The lowest BCUT2D eigenvalue weighted by Crippen LogP contribution is -2.41. The monoisotopic (exact) mass is 141 g/mol. The molecule has 0 aromatic carbocycles. The highest BCUT2D eigenvalue weighted by Gasteiger charge is 2.20. The third-order valence-electron chi connectivity index (χ3n) is 2.16. The summed E-state index contributed by atoms with van der Waals surface area (Å²) >= 11 is 0. The van der Waals surface area contributed by atoms with Gasteiger partial charge in [0, 0.05) is 0 Å². The molecule has 1 saturated heterocycles. The Bertz CT molecular complexity index is 133. The molecule has 10 heavy (non-hydrogen) atoms. The van der Waals surface area contributed by atoms with Crippen LogP contribution in [0.4, 0.5) is 0 Å². The molecule has 0 bridgehead atoms. The van der Waals surface area contributed by atoms with E-state index in [1.54, 1.807) is 6.92 Å². The van der Waals surface area contributed by atoms with Crippen LogP contribution in [0.25, 0.3) is 0 Å². The van der Waals surface area contributed by atoms with Crippen molar-refractivity contribution in [2.45, 2.75) is 32.7 Å². The lowest BCUT2D eigenvalue weighted by atomic mass is 9.93. The van der Waals surface area contributed by atoms with E-state index in [0.29, 0.717) is 0 Å². The van der Waals surface area contributed by atoms with Crippen molar-refractivity contribution in [1.29, 1.82) is 0 Å². The zero-order valence-electron chi connectivity index (χ0n) is 6.68. The fourth-order valence-electron chi connectivity index (χ4n) is 1.42. The molecule has 1 fully saturated rings. The first-order valence-electron chi connectivity index (χ1n) is 3.94. The Hall–Kier alpha value is -0.370. The van der Waals surface area contributed by atoms with Gasteiger partial charge in [0.2, 0.25) is 0 Å². The summed E-state index contributed by atoms with van der Waals surface area (Å²) in [4.78, 5) is 10.9. The average molecular weight is 141 g/mol. The molecule has 1 rings (SSSR count). The molecule has 2 heteroatoms. The molecule has 0 radical (unpaired) electrons. The summed E-state index contributed by atoms with van der Waals surface area (Å²) in [6.07, 6.45) is 2.24. The maximum atomic E-state index is 10.9. The third-order valence-corrected chi connectivity index (χ3v) is 2.16. The maximum Gasteiger partial charge on any atom is 0.146 e. The van der Waals surface area contributed by atoms with Gasteiger partial charge in [0.25, 0.3) is 0 Å². The Kier molecular flexibility index (Phi) is 2.44. The molecule has 2 unspecified atom stereocenters. The van der Waals surface area contributed by atoms with Crippen LogP contribution in [0, 0.1) is 5.92 Å². The smallest absolute Gasteiger partial charge is 0.146 e. The number of nitrogens with one attached hydrogen (secondary N) is 1. The molecule has 1 N–H and O–H groups in total. The SMILES string of the molecule is CC(=O)C1CC(C)CCN1. The summed E-state index contributed by atoms with van der Waals surface area (Å²) in [6, 6.07) is 0.142. The Morgan fingerprint density at radius 3 is 2.70 bits per heavy atom. The summed E-state index contributed by atoms with van der Waals surface area (Å²) in [5.41, 5.74) is 0. The van der Waals surface area contributed by atoms with E-state index in [9.17, 15) is 4.79 Å². The molecule has 0 saturated carbocycles. The van der Waals surface area contributed by atoms with Gasteiger partial charge in [-0.15, -0.1) is 0 Å². The van der Waals surface area contributed by atoms with E-state index < -0.39 is 0 Å². The van der Waals surface area contributed by atoms with Gasteiger partial charge in [0.05, 0.1) is 6.04 Å². The fourth-order valence-corrected chi connectivity index (χ4v) is 1.42. The van der Waals surface area contributed by atoms with Crippen molar-refractivity contribution >= 4 is 5.78 Å². The van der Waals surface area contributed by atoms with Crippen LogP contribution >= 0.6 is 0 Å². The van der Waals surface area contributed by atoms with Crippen molar-refractivity contribution in [3.05, 3.63) is 0 Å². The first kappa shape index (κ1) is 7.73. The van der Waals surface area contributed by atoms with Crippen LogP contribution in [0.2, 0.25) is 0 Å². The molecule has 0 aromatic heterocycles. The van der Waals surface area contributed by atoms with E-state index >= 15 is 0 Å². The van der Waals surface area contributed by atoms with E-state index in [1.165, 1.54) is 6.42 Å². The van der Waals surface area contributed by atoms with Gasteiger partial charge >= 0.3 is 0 Å². The van der Waals surface area contributed by atoms with Gasteiger partial charge in [0.1, 0.15) is 5.78 Å². The Morgan fingerprint density at radius 2 is 2.30 bits per heavy atom. The second-order valence-electron chi connectivity index (χ2n) is 3.25. The number of rotatable bonds is 1. The number of ketones is 1. The number of hydrogen-bond donors (Lipinski definition) is 1. The van der Waals surface area contributed by atoms with Gasteiger partial charge in [-0.05, 0) is 32.2 Å². The molecule has 1 heterocycles. The van der Waals surface area contributed by atoms with Crippen molar-refractivity contribution < 1.29 is 4.79 Å². The van der Waals surface area contributed by atoms with Gasteiger partial charge in [-0.1, -0.05) is 6.92 Å². The number of piperidine rings is 1. The van der Waals surface area contributed by atoms with Crippen LogP contribution in [-0.2, 0) is 4.79 Å². The number of carbonyl (C=O) groups is 1. The predicted octanol–water partition coefficient (Wildman–Crippen LogP) is 0.964. The quantitative estimate of drug-likeness (QED) is 0.589. The van der Waals surface area contributed by atoms with Crippen molar-refractivity contribution in [2.75, 3.05) is 6.54 Å². The molecule has 2 nitrogen and oxygen atoms in total. The second-order valence-corrected chi connectivity index (χ2v) is 3.25. The number of Topliss-reactive ketones (excluding diaryl/α,β-unsaturated/α-hetero) is 1. The van der Waals surface area contributed by atoms with Crippen LogP contribution in [0.15, 0.2) is 0 Å². The molecular formula is C8H15NO. The van der Waals surface area contributed by atoms with Crippen LogP contribution in [0.1, 0.15) is 26.7 Å². The fraction of sp³-hybridized carbons (Fsp3) is 0.875. The van der Waals surface area contributed by atoms with Gasteiger partial charge in [-0.2, -0.15) is 0 Å². The summed E-state index contributed by atoms with van der Waals surface area (Å²) in [5.74, 6) is 1.00. The van der Waals surface area contributed by atoms with Crippen LogP contribution in [0.5, 0.6) is 0 Å². The highest BCUT2D eigenvalue weighted by atomic mass is 16.1. The van der Waals surface area contributed by atoms with E-state index in [-0.39, 0.29) is 11.8 Å². The predicted molar refractivity (Wildman–Crippen MR) is 40.9 cm³/mol. The van der Waals surface area contributed by atoms with Crippen molar-refractivity contribution in [1.82, 2.24) is 5.32 Å². The van der Waals surface area contributed by atoms with Crippen molar-refractivity contribution in [2.24, 2.45) is 5.92 Å². The zero-order valence-corrected chi connectivity index (χ0v) is 6.68. The topological polar surface area (TPSA) is 29.1 Å². The summed E-state index contributed by atoms with van der Waals surface area (Å²) in [5, 5.41) is 3.20. The first-order chi connectivity index (χ1) is 4.70. The van der Waals surface area contributed by atoms with E-state index in [0.717, 1.165) is 18.9 Å². The highest BCUT2D eigenvalue weighted by Crippen LogP contribution is 2.14. The van der Waals surface area contributed by atoms with Crippen LogP contribution in [0.3, 0.4) is 0 Å². The minimum Gasteiger partial charge on any atom is -0.307 e. The lowest BCUT2D eigenvalue weighted by Gasteiger charge is -2.25. The maximum absolute atomic E-state index is 10.9. The van der Waals surface area contributed by atoms with Gasteiger partial charge in [0.15, 0.2) is 0 Å². The second kappa shape index (κ2) is 3.15. The van der Waals surface area contributed by atoms with Crippen LogP contribution < -0.4 is 5.32 Å². The molecular weight excluding hydrogens is 126 g/mol. The third kappa shape index (κ3) is 1.81. The molecule has 1 aliphatic heterocycles. The minimum absolute atomic E-state index is 0.142. The largest absolute Gasteiger partial charge is 0.307 e. The summed E-state index contributed by atoms with van der Waals surface area (Å²) < 4.78 is 0. The molecule has 0 spiro atoms. The van der Waals surface area contributed by atoms with Crippen molar-refractivity contribution in [3.8, 4) is 0 Å².